The van der Waals surface area contributed by atoms with Gasteiger partial charge in [0.15, 0.2) is 11.5 Å². The van der Waals surface area contributed by atoms with Crippen molar-refractivity contribution in [3.63, 3.8) is 0 Å². The first-order valence-corrected chi connectivity index (χ1v) is 6.49. The van der Waals surface area contributed by atoms with Crippen molar-refractivity contribution in [1.82, 2.24) is 19.1 Å². The maximum Gasteiger partial charge on any atom is 0.352 e. The second-order valence-electron chi connectivity index (χ2n) is 4.72. The van der Waals surface area contributed by atoms with E-state index >= 15 is 0 Å². The highest BCUT2D eigenvalue weighted by molar-refractivity contribution is 5.81. The van der Waals surface area contributed by atoms with Gasteiger partial charge in [-0.2, -0.15) is 4.98 Å². The quantitative estimate of drug-likeness (QED) is 0.387. The number of nitro groups is 1. The molecule has 0 aromatic heterocycles. The highest BCUT2D eigenvalue weighted by Gasteiger charge is 2.20. The summed E-state index contributed by atoms with van der Waals surface area (Å²) in [6.07, 6.45) is 0. The Morgan fingerprint density at radius 1 is 1.27 bits per heavy atom. The number of hydrogen-bond acceptors (Lipinski definition) is 6. The van der Waals surface area contributed by atoms with Crippen LogP contribution >= 0.6 is 0 Å². The van der Waals surface area contributed by atoms with Crippen LogP contribution in [0.25, 0.3) is 22.6 Å². The van der Waals surface area contributed by atoms with Gasteiger partial charge in [0.25, 0.3) is 11.2 Å². The number of nitrogens with zero attached hydrogens (tertiary/aromatic N) is 5. The molecular formula is C13H11N5O4. The molecule has 0 spiro atoms. The molecule has 0 bridgehead atoms. The molecule has 9 nitrogen and oxygen atoms in total. The van der Waals surface area contributed by atoms with Crippen molar-refractivity contribution in [3.8, 4) is 11.5 Å². The Labute approximate surface area is 123 Å². The molecule has 0 fully saturated rings. The molecule has 0 amide bonds. The first-order chi connectivity index (χ1) is 10.4. The summed E-state index contributed by atoms with van der Waals surface area (Å²) in [6.45, 7) is 2.26. The summed E-state index contributed by atoms with van der Waals surface area (Å²) in [5, 5.41) is 10.9. The van der Waals surface area contributed by atoms with Gasteiger partial charge in [0.2, 0.25) is 0 Å². The van der Waals surface area contributed by atoms with Crippen LogP contribution in [-0.4, -0.2) is 24.0 Å². The van der Waals surface area contributed by atoms with Crippen LogP contribution in [0, 0.1) is 10.1 Å². The van der Waals surface area contributed by atoms with Crippen LogP contribution in [0.2, 0.25) is 0 Å². The van der Waals surface area contributed by atoms with Gasteiger partial charge >= 0.3 is 5.69 Å². The second-order valence-corrected chi connectivity index (χ2v) is 4.72. The molecule has 2 aliphatic heterocycles. The zero-order valence-corrected chi connectivity index (χ0v) is 11.8. The maximum atomic E-state index is 12.2. The van der Waals surface area contributed by atoms with E-state index in [2.05, 4.69) is 9.97 Å². The Bertz CT molecular complexity index is 1000. The molecule has 2 aliphatic rings. The smallest absolute Gasteiger partial charge is 0.323 e. The lowest BCUT2D eigenvalue weighted by Gasteiger charge is -2.15. The summed E-state index contributed by atoms with van der Waals surface area (Å²) < 4.78 is 2.50. The van der Waals surface area contributed by atoms with Gasteiger partial charge in [0.1, 0.15) is 0 Å². The number of benzene rings is 1. The van der Waals surface area contributed by atoms with Crippen molar-refractivity contribution in [2.24, 2.45) is 7.05 Å². The molecule has 9 heteroatoms. The largest absolute Gasteiger partial charge is 0.352 e. The molecule has 2 heterocycles. The number of non-ortho nitro benzene ring substituents is 1. The molecule has 1 aromatic rings. The number of fused-ring (bicyclic) bond motifs is 2. The molecular weight excluding hydrogens is 290 g/mol. The monoisotopic (exact) mass is 301 g/mol. The third kappa shape index (κ3) is 1.86. The molecule has 0 N–H and O–H groups in total. The molecule has 0 saturated carbocycles. The fourth-order valence-corrected chi connectivity index (χ4v) is 2.34. The molecule has 0 radical (unpaired) electrons. The van der Waals surface area contributed by atoms with Gasteiger partial charge < -0.3 is 4.57 Å². The molecule has 1 aromatic carbocycles. The maximum absolute atomic E-state index is 12.2. The number of aryl methyl sites for hydroxylation is 1. The summed E-state index contributed by atoms with van der Waals surface area (Å²) >= 11 is 0. The minimum atomic E-state index is -0.664. The Hall–Kier alpha value is -3.10. The summed E-state index contributed by atoms with van der Waals surface area (Å²) in [5.41, 5.74) is -0.473. The van der Waals surface area contributed by atoms with Crippen LogP contribution in [0.5, 0.6) is 0 Å². The SMILES string of the molecule is CCn1c2nc(=O)n(C)c(=O)c-2nc2cc([N+](=O)[O-])ccc21. The average molecular weight is 301 g/mol. The van der Waals surface area contributed by atoms with Gasteiger partial charge in [-0.25, -0.2) is 9.78 Å². The average Bonchev–Trinajstić information content (AvgIpc) is 2.50. The fraction of sp³-hybridized carbons (Fsp3) is 0.231. The first kappa shape index (κ1) is 13.9. The molecule has 0 aliphatic carbocycles. The van der Waals surface area contributed by atoms with Crippen molar-refractivity contribution in [3.05, 3.63) is 49.2 Å². The molecule has 0 atom stereocenters. The molecule has 3 rings (SSSR count). The standard InChI is InChI=1S/C13H11N5O4/c1-3-17-9-5-4-7(18(21)22)6-8(9)14-10-11(17)15-13(20)16(2)12(10)19/h4-6H,3H2,1-2H3. The van der Waals surface area contributed by atoms with E-state index < -0.39 is 16.2 Å². The van der Waals surface area contributed by atoms with Crippen LogP contribution in [0.4, 0.5) is 5.69 Å². The van der Waals surface area contributed by atoms with Crippen molar-refractivity contribution in [1.29, 1.82) is 0 Å². The topological polar surface area (TPSA) is 113 Å². The number of rotatable bonds is 2. The lowest BCUT2D eigenvalue weighted by Crippen LogP contribution is -2.36. The fourth-order valence-electron chi connectivity index (χ4n) is 2.34. The van der Waals surface area contributed by atoms with E-state index in [0.717, 1.165) is 4.57 Å². The van der Waals surface area contributed by atoms with Crippen LogP contribution in [0.1, 0.15) is 6.92 Å². The summed E-state index contributed by atoms with van der Waals surface area (Å²) in [4.78, 5) is 42.3. The van der Waals surface area contributed by atoms with Gasteiger partial charge in [0, 0.05) is 25.7 Å². The van der Waals surface area contributed by atoms with Gasteiger partial charge in [-0.15, -0.1) is 0 Å². The zero-order valence-electron chi connectivity index (χ0n) is 11.8. The summed E-state index contributed by atoms with van der Waals surface area (Å²) in [5.74, 6) is 0.178. The van der Waals surface area contributed by atoms with Crippen molar-refractivity contribution in [2.45, 2.75) is 13.5 Å². The van der Waals surface area contributed by atoms with Crippen molar-refractivity contribution >= 4 is 16.7 Å². The van der Waals surface area contributed by atoms with Crippen LogP contribution in [0.3, 0.4) is 0 Å². The third-order valence-electron chi connectivity index (χ3n) is 3.47. The Balaban J connectivity index is 2.54. The molecule has 112 valence electrons. The van der Waals surface area contributed by atoms with E-state index in [-0.39, 0.29) is 17.2 Å². The molecule has 0 unspecified atom stereocenters. The third-order valence-corrected chi connectivity index (χ3v) is 3.47. The summed E-state index contributed by atoms with van der Waals surface area (Å²) in [6, 6.07) is 4.18. The van der Waals surface area contributed by atoms with E-state index in [4.69, 9.17) is 0 Å². The number of nitro benzene ring substituents is 1. The van der Waals surface area contributed by atoms with E-state index in [0.29, 0.717) is 17.6 Å². The molecule has 0 saturated heterocycles. The van der Waals surface area contributed by atoms with Crippen LogP contribution < -0.4 is 11.2 Å². The van der Waals surface area contributed by atoms with Crippen LogP contribution in [-0.2, 0) is 13.6 Å². The molecule has 22 heavy (non-hydrogen) atoms. The highest BCUT2D eigenvalue weighted by Crippen LogP contribution is 2.24. The highest BCUT2D eigenvalue weighted by atomic mass is 16.6. The van der Waals surface area contributed by atoms with E-state index in [1.807, 2.05) is 6.92 Å². The van der Waals surface area contributed by atoms with E-state index in [1.165, 1.54) is 25.2 Å². The van der Waals surface area contributed by atoms with Gasteiger partial charge in [-0.3, -0.25) is 19.5 Å². The van der Waals surface area contributed by atoms with Crippen molar-refractivity contribution in [2.75, 3.05) is 0 Å². The summed E-state index contributed by atoms with van der Waals surface area (Å²) in [7, 11) is 1.31. The van der Waals surface area contributed by atoms with Gasteiger partial charge in [-0.05, 0) is 13.0 Å². The number of hydrogen-bond donors (Lipinski definition) is 0. The van der Waals surface area contributed by atoms with Crippen LogP contribution in [0.15, 0.2) is 27.8 Å². The van der Waals surface area contributed by atoms with E-state index in [1.54, 1.807) is 4.57 Å². The lowest BCUT2D eigenvalue weighted by molar-refractivity contribution is -0.384. The second kappa shape index (κ2) is 4.72. The minimum absolute atomic E-state index is 0.0111. The predicted octanol–water partition coefficient (Wildman–Crippen LogP) is 0.523. The normalized spacial score (nSPS) is 11.2. The Morgan fingerprint density at radius 2 is 2.00 bits per heavy atom. The zero-order chi connectivity index (χ0) is 16.0. The lowest BCUT2D eigenvalue weighted by atomic mass is 10.2. The first-order valence-electron chi connectivity index (χ1n) is 6.49. The minimum Gasteiger partial charge on any atom is -0.323 e. The van der Waals surface area contributed by atoms with Gasteiger partial charge in [-0.1, -0.05) is 0 Å². The Morgan fingerprint density at radius 3 is 2.64 bits per heavy atom. The Kier molecular flexibility index (Phi) is 2.98. The number of aromatic nitrogens is 4. The van der Waals surface area contributed by atoms with Crippen molar-refractivity contribution < 1.29 is 4.92 Å². The van der Waals surface area contributed by atoms with Gasteiger partial charge in [0.05, 0.1) is 16.0 Å². The predicted molar refractivity (Wildman–Crippen MR) is 78.0 cm³/mol. The van der Waals surface area contributed by atoms with E-state index in [9.17, 15) is 19.7 Å².